The minimum atomic E-state index is 0.647. The molecule has 54 heavy (non-hydrogen) atoms. The summed E-state index contributed by atoms with van der Waals surface area (Å²) < 4.78 is 8.43. The predicted molar refractivity (Wildman–Crippen MR) is 226 cm³/mol. The lowest BCUT2D eigenvalue weighted by atomic mass is 9.96. The lowest BCUT2D eigenvalue weighted by Crippen LogP contribution is -2.04. The second kappa shape index (κ2) is 12.9. The molecule has 256 valence electrons. The number of rotatable bonds is 4. The van der Waals surface area contributed by atoms with Gasteiger partial charge in [0.05, 0.1) is 22.2 Å². The zero-order valence-electron chi connectivity index (χ0n) is 30.0. The quantitative estimate of drug-likeness (QED) is 0.184. The van der Waals surface area contributed by atoms with Gasteiger partial charge in [0.15, 0.2) is 0 Å². The fourth-order valence-corrected chi connectivity index (χ4v) is 7.94. The van der Waals surface area contributed by atoms with Crippen LogP contribution in [-0.4, -0.2) is 14.5 Å². The number of benzene rings is 8. The van der Waals surface area contributed by atoms with E-state index in [0.29, 0.717) is 5.95 Å². The van der Waals surface area contributed by atoms with Gasteiger partial charge in [0.25, 0.3) is 0 Å². The van der Waals surface area contributed by atoms with Crippen LogP contribution in [0.4, 0.5) is 0 Å². The summed E-state index contributed by atoms with van der Waals surface area (Å²) in [5, 5.41) is 7.98. The molecule has 0 unspecified atom stereocenters. The Labute approximate surface area is 312 Å². The van der Waals surface area contributed by atoms with Crippen LogP contribution < -0.4 is 0 Å². The Kier molecular flexibility index (Phi) is 7.55. The third-order valence-corrected chi connectivity index (χ3v) is 10.4. The van der Waals surface area contributed by atoms with Gasteiger partial charge in [-0.15, -0.1) is 0 Å². The van der Waals surface area contributed by atoms with E-state index < -0.39 is 0 Å². The summed E-state index contributed by atoms with van der Waals surface area (Å²) in [6, 6.07) is 62.1. The Morgan fingerprint density at radius 1 is 0.426 bits per heavy atom. The average Bonchev–Trinajstić information content (AvgIpc) is 3.78. The molecule has 11 aromatic rings. The second-order valence-electron chi connectivity index (χ2n) is 13.4. The van der Waals surface area contributed by atoms with Gasteiger partial charge in [0, 0.05) is 38.1 Å². The molecule has 4 heteroatoms. The van der Waals surface area contributed by atoms with Crippen molar-refractivity contribution in [3.63, 3.8) is 0 Å². The van der Waals surface area contributed by atoms with Crippen LogP contribution in [0.3, 0.4) is 0 Å². The second-order valence-corrected chi connectivity index (χ2v) is 13.4. The van der Waals surface area contributed by atoms with Gasteiger partial charge in [-0.1, -0.05) is 147 Å². The summed E-state index contributed by atoms with van der Waals surface area (Å²) >= 11 is 0. The molecule has 0 aliphatic carbocycles. The van der Waals surface area contributed by atoms with Crippen LogP contribution in [-0.2, 0) is 0 Å². The minimum Gasteiger partial charge on any atom is -0.456 e. The molecule has 4 nitrogen and oxygen atoms in total. The Balaban J connectivity index is 0.00000178. The van der Waals surface area contributed by atoms with Gasteiger partial charge in [0.2, 0.25) is 5.95 Å². The molecule has 0 aliphatic heterocycles. The summed E-state index contributed by atoms with van der Waals surface area (Å²) in [7, 11) is 0. The maximum absolute atomic E-state index is 6.15. The summed E-state index contributed by atoms with van der Waals surface area (Å²) in [6.07, 6.45) is 0. The van der Waals surface area contributed by atoms with Crippen LogP contribution in [0, 0.1) is 0 Å². The molecule has 0 bridgehead atoms. The highest BCUT2D eigenvalue weighted by Crippen LogP contribution is 2.41. The number of aromatic nitrogens is 3. The van der Waals surface area contributed by atoms with Crippen LogP contribution in [0.5, 0.6) is 0 Å². The van der Waals surface area contributed by atoms with Gasteiger partial charge in [-0.2, -0.15) is 0 Å². The Bertz CT molecular complexity index is 3190. The van der Waals surface area contributed by atoms with Crippen molar-refractivity contribution < 1.29 is 4.42 Å². The highest BCUT2D eigenvalue weighted by atomic mass is 16.3. The summed E-state index contributed by atoms with van der Waals surface area (Å²) in [5.74, 6) is 0.647. The van der Waals surface area contributed by atoms with Crippen molar-refractivity contribution in [2.45, 2.75) is 13.8 Å². The van der Waals surface area contributed by atoms with E-state index in [4.69, 9.17) is 14.4 Å². The number of hydrogen-bond donors (Lipinski definition) is 0. The molecule has 0 radical (unpaired) electrons. The van der Waals surface area contributed by atoms with Gasteiger partial charge < -0.3 is 4.42 Å². The lowest BCUT2D eigenvalue weighted by Gasteiger charge is -2.14. The SMILES string of the molecule is CC.c1ccc(-c2nc(-n3c4cc5ccccc5cc4c4cccc(-c5cccc(-c6ccc7oc8ccccc8c7c6)c5)c43)nc3ccccc23)cc1. The maximum atomic E-state index is 6.15. The standard InChI is InChI=1S/C48H29N3O.C2H6/c1-2-12-30(13-3-1)46-39-19-6-8-22-42(39)49-48(50-46)51-43-29-33-15-5-4-14-32(33)27-40(43)38-21-11-20-36(47(38)51)35-17-10-16-31(26-35)34-24-25-45-41(28-34)37-18-7-9-23-44(37)52-45;1-2/h1-29H;1-2H3. The number of fused-ring (bicyclic) bond motifs is 8. The lowest BCUT2D eigenvalue weighted by molar-refractivity contribution is 0.669. The van der Waals surface area contributed by atoms with E-state index in [1.54, 1.807) is 0 Å². The van der Waals surface area contributed by atoms with Crippen molar-refractivity contribution in [2.24, 2.45) is 0 Å². The van der Waals surface area contributed by atoms with Gasteiger partial charge in [-0.25, -0.2) is 9.97 Å². The fourth-order valence-electron chi connectivity index (χ4n) is 7.94. The van der Waals surface area contributed by atoms with E-state index in [1.807, 2.05) is 38.1 Å². The number of hydrogen-bond acceptors (Lipinski definition) is 3. The van der Waals surface area contributed by atoms with Crippen molar-refractivity contribution >= 4 is 65.4 Å². The molecule has 0 aliphatic rings. The molecule has 0 spiro atoms. The third kappa shape index (κ3) is 5.07. The third-order valence-electron chi connectivity index (χ3n) is 10.4. The predicted octanol–water partition coefficient (Wildman–Crippen LogP) is 13.8. The van der Waals surface area contributed by atoms with Gasteiger partial charge in [-0.3, -0.25) is 4.57 Å². The van der Waals surface area contributed by atoms with E-state index in [0.717, 1.165) is 82.8 Å². The summed E-state index contributed by atoms with van der Waals surface area (Å²) in [4.78, 5) is 10.7. The number of para-hydroxylation sites is 3. The Morgan fingerprint density at radius 2 is 1.07 bits per heavy atom. The molecule has 0 saturated carbocycles. The van der Waals surface area contributed by atoms with Crippen molar-refractivity contribution in [3.05, 3.63) is 176 Å². The monoisotopic (exact) mass is 693 g/mol. The van der Waals surface area contributed by atoms with E-state index in [9.17, 15) is 0 Å². The van der Waals surface area contributed by atoms with E-state index >= 15 is 0 Å². The molecule has 3 aromatic heterocycles. The van der Waals surface area contributed by atoms with Crippen LogP contribution in [0.1, 0.15) is 13.8 Å². The zero-order valence-corrected chi connectivity index (χ0v) is 30.0. The molecule has 0 atom stereocenters. The largest absolute Gasteiger partial charge is 0.456 e. The zero-order chi connectivity index (χ0) is 36.2. The highest BCUT2D eigenvalue weighted by molar-refractivity contribution is 6.17. The molecule has 0 saturated heterocycles. The molecule has 0 fully saturated rings. The first-order valence-corrected chi connectivity index (χ1v) is 18.6. The molecule has 8 aromatic carbocycles. The van der Waals surface area contributed by atoms with Crippen LogP contribution in [0.15, 0.2) is 180 Å². The Morgan fingerprint density at radius 3 is 1.94 bits per heavy atom. The van der Waals surface area contributed by atoms with Crippen LogP contribution in [0.2, 0.25) is 0 Å². The smallest absolute Gasteiger partial charge is 0.235 e. The first kappa shape index (κ1) is 31.7. The molecule has 11 rings (SSSR count). The minimum absolute atomic E-state index is 0.647. The topological polar surface area (TPSA) is 43.9 Å². The van der Waals surface area contributed by atoms with Gasteiger partial charge in [0.1, 0.15) is 11.2 Å². The number of furan rings is 1. The normalized spacial score (nSPS) is 11.5. The Hall–Kier alpha value is -7.04. The highest BCUT2D eigenvalue weighted by Gasteiger charge is 2.21. The van der Waals surface area contributed by atoms with Crippen molar-refractivity contribution in [1.29, 1.82) is 0 Å². The summed E-state index contributed by atoms with van der Waals surface area (Å²) in [5.41, 5.74) is 11.4. The fraction of sp³-hybridized carbons (Fsp3) is 0.0400. The van der Waals surface area contributed by atoms with E-state index in [1.165, 1.54) is 16.2 Å². The van der Waals surface area contributed by atoms with Crippen LogP contribution >= 0.6 is 0 Å². The molecule has 0 amide bonds. The first-order chi connectivity index (χ1) is 26.8. The van der Waals surface area contributed by atoms with E-state index in [2.05, 4.69) is 156 Å². The molecule has 3 heterocycles. The molecular weight excluding hydrogens is 659 g/mol. The van der Waals surface area contributed by atoms with Crippen molar-refractivity contribution in [3.8, 4) is 39.5 Å². The van der Waals surface area contributed by atoms with Gasteiger partial charge in [-0.05, 0) is 69.9 Å². The van der Waals surface area contributed by atoms with Crippen molar-refractivity contribution in [2.75, 3.05) is 0 Å². The van der Waals surface area contributed by atoms with Crippen LogP contribution in [0.25, 0.3) is 105 Å². The number of nitrogens with zero attached hydrogens (tertiary/aromatic N) is 3. The van der Waals surface area contributed by atoms with Crippen molar-refractivity contribution in [1.82, 2.24) is 14.5 Å². The molecule has 0 N–H and O–H groups in total. The van der Waals surface area contributed by atoms with Gasteiger partial charge >= 0.3 is 0 Å². The average molecular weight is 694 g/mol. The van der Waals surface area contributed by atoms with E-state index in [-0.39, 0.29) is 0 Å². The maximum Gasteiger partial charge on any atom is 0.235 e. The first-order valence-electron chi connectivity index (χ1n) is 18.6. The summed E-state index contributed by atoms with van der Waals surface area (Å²) in [6.45, 7) is 4.00. The molecular formula is C50H35N3O.